The molecule has 1 saturated heterocycles. The summed E-state index contributed by atoms with van der Waals surface area (Å²) in [7, 11) is 0. The second-order valence-corrected chi connectivity index (χ2v) is 5.62. The van der Waals surface area contributed by atoms with E-state index in [1.165, 1.54) is 43.4 Å². The Morgan fingerprint density at radius 1 is 1.22 bits per heavy atom. The van der Waals surface area contributed by atoms with Crippen LogP contribution in [0.15, 0.2) is 0 Å². The molecule has 2 aliphatic carbocycles. The first kappa shape index (κ1) is 12.0. The van der Waals surface area contributed by atoms with Gasteiger partial charge in [0.25, 0.3) is 0 Å². The van der Waals surface area contributed by atoms with Gasteiger partial charge in [0, 0.05) is 25.2 Å². The summed E-state index contributed by atoms with van der Waals surface area (Å²) in [5.41, 5.74) is 0. The number of imide groups is 1. The van der Waals surface area contributed by atoms with E-state index in [1.807, 2.05) is 0 Å². The minimum absolute atomic E-state index is 0.0243. The van der Waals surface area contributed by atoms with Gasteiger partial charge in [-0.3, -0.25) is 14.6 Å². The molecule has 3 fully saturated rings. The largest absolute Gasteiger partial charge is 0.336 e. The van der Waals surface area contributed by atoms with E-state index >= 15 is 0 Å². The summed E-state index contributed by atoms with van der Waals surface area (Å²) in [5.74, 6) is -0.0243. The summed E-state index contributed by atoms with van der Waals surface area (Å²) >= 11 is 0. The maximum absolute atomic E-state index is 12.2. The predicted octanol–water partition coefficient (Wildman–Crippen LogP) is 0.945. The first-order valence-corrected chi connectivity index (χ1v) is 7.09. The van der Waals surface area contributed by atoms with Crippen LogP contribution in [0.5, 0.6) is 0 Å². The van der Waals surface area contributed by atoms with Gasteiger partial charge in [-0.25, -0.2) is 4.79 Å². The van der Waals surface area contributed by atoms with Crippen molar-refractivity contribution in [3.63, 3.8) is 0 Å². The molecule has 0 bridgehead atoms. The van der Waals surface area contributed by atoms with Crippen LogP contribution in [0.25, 0.3) is 0 Å². The van der Waals surface area contributed by atoms with Gasteiger partial charge in [0.2, 0.25) is 5.91 Å². The topological polar surface area (TPSA) is 52.7 Å². The maximum Gasteiger partial charge on any atom is 0.324 e. The zero-order chi connectivity index (χ0) is 12.5. The van der Waals surface area contributed by atoms with Crippen LogP contribution in [0.4, 0.5) is 4.79 Å². The van der Waals surface area contributed by atoms with Crippen molar-refractivity contribution >= 4 is 11.9 Å². The van der Waals surface area contributed by atoms with Crippen LogP contribution in [0, 0.1) is 0 Å². The Balaban J connectivity index is 1.61. The molecular formula is C13H21N3O2. The summed E-state index contributed by atoms with van der Waals surface area (Å²) in [6.45, 7) is 1.56. The van der Waals surface area contributed by atoms with Gasteiger partial charge in [0.15, 0.2) is 0 Å². The Bertz CT molecular complexity index is 348. The second kappa shape index (κ2) is 4.88. The molecule has 1 aliphatic heterocycles. The standard InChI is InChI=1S/C13H21N3O2/c17-12(15-8-7-14-13(15)18)9-16(11-5-6-11)10-3-1-2-4-10/h10-11H,1-9H2,(H,14,18). The normalized spacial score (nSPS) is 24.9. The highest BCUT2D eigenvalue weighted by atomic mass is 16.2. The molecule has 5 nitrogen and oxygen atoms in total. The number of rotatable bonds is 4. The van der Waals surface area contributed by atoms with Gasteiger partial charge in [-0.1, -0.05) is 12.8 Å². The molecule has 0 unspecified atom stereocenters. The van der Waals surface area contributed by atoms with Crippen LogP contribution < -0.4 is 5.32 Å². The van der Waals surface area contributed by atoms with Gasteiger partial charge in [-0.05, 0) is 25.7 Å². The minimum atomic E-state index is -0.220. The molecule has 0 aromatic rings. The molecule has 3 amide bonds. The summed E-state index contributed by atoms with van der Waals surface area (Å²) in [6.07, 6.45) is 7.44. The van der Waals surface area contributed by atoms with Crippen molar-refractivity contribution in [3.05, 3.63) is 0 Å². The van der Waals surface area contributed by atoms with Gasteiger partial charge in [-0.15, -0.1) is 0 Å². The molecule has 3 rings (SSSR count). The number of hydrogen-bond donors (Lipinski definition) is 1. The van der Waals surface area contributed by atoms with E-state index in [4.69, 9.17) is 0 Å². The summed E-state index contributed by atoms with van der Waals surface area (Å²) in [4.78, 5) is 27.4. The Morgan fingerprint density at radius 2 is 1.89 bits per heavy atom. The van der Waals surface area contributed by atoms with Gasteiger partial charge >= 0.3 is 6.03 Å². The Labute approximate surface area is 107 Å². The van der Waals surface area contributed by atoms with Gasteiger partial charge < -0.3 is 5.32 Å². The van der Waals surface area contributed by atoms with Crippen LogP contribution in [0.3, 0.4) is 0 Å². The molecule has 1 heterocycles. The molecule has 0 radical (unpaired) electrons. The Morgan fingerprint density at radius 3 is 2.44 bits per heavy atom. The van der Waals surface area contributed by atoms with Crippen molar-refractivity contribution < 1.29 is 9.59 Å². The molecule has 1 N–H and O–H groups in total. The third kappa shape index (κ3) is 2.36. The van der Waals surface area contributed by atoms with E-state index in [0.717, 1.165) is 0 Å². The van der Waals surface area contributed by atoms with Gasteiger partial charge in [0.05, 0.1) is 6.54 Å². The van der Waals surface area contributed by atoms with Crippen molar-refractivity contribution in [1.82, 2.24) is 15.1 Å². The van der Waals surface area contributed by atoms with Crippen LogP contribution >= 0.6 is 0 Å². The fourth-order valence-corrected chi connectivity index (χ4v) is 3.15. The highest BCUT2D eigenvalue weighted by molar-refractivity contribution is 5.96. The fraction of sp³-hybridized carbons (Fsp3) is 0.846. The summed E-state index contributed by atoms with van der Waals surface area (Å²) in [5, 5.41) is 2.69. The smallest absolute Gasteiger partial charge is 0.324 e. The lowest BCUT2D eigenvalue weighted by molar-refractivity contribution is -0.129. The van der Waals surface area contributed by atoms with E-state index in [1.54, 1.807) is 0 Å². The molecule has 18 heavy (non-hydrogen) atoms. The van der Waals surface area contributed by atoms with E-state index in [-0.39, 0.29) is 11.9 Å². The fourth-order valence-electron chi connectivity index (χ4n) is 3.15. The quantitative estimate of drug-likeness (QED) is 0.809. The first-order chi connectivity index (χ1) is 8.75. The molecule has 3 aliphatic rings. The van der Waals surface area contributed by atoms with E-state index < -0.39 is 0 Å². The number of nitrogens with one attached hydrogen (secondary N) is 1. The van der Waals surface area contributed by atoms with E-state index in [0.29, 0.717) is 31.7 Å². The van der Waals surface area contributed by atoms with Crippen molar-refractivity contribution in [2.24, 2.45) is 0 Å². The van der Waals surface area contributed by atoms with Crippen molar-refractivity contribution in [2.45, 2.75) is 50.6 Å². The number of carbonyl (C=O) groups is 2. The number of amides is 3. The lowest BCUT2D eigenvalue weighted by Crippen LogP contribution is -2.46. The van der Waals surface area contributed by atoms with Gasteiger partial charge in [0.1, 0.15) is 0 Å². The summed E-state index contributed by atoms with van der Waals surface area (Å²) in [6, 6.07) is 0.956. The number of carbonyl (C=O) groups excluding carboxylic acids is 2. The Kier molecular flexibility index (Phi) is 3.24. The zero-order valence-corrected chi connectivity index (χ0v) is 10.7. The molecular weight excluding hydrogens is 230 g/mol. The average molecular weight is 251 g/mol. The molecule has 0 aromatic carbocycles. The van der Waals surface area contributed by atoms with E-state index in [9.17, 15) is 9.59 Å². The number of hydrogen-bond acceptors (Lipinski definition) is 3. The maximum atomic E-state index is 12.2. The first-order valence-electron chi connectivity index (χ1n) is 7.09. The van der Waals surface area contributed by atoms with Crippen LogP contribution in [-0.2, 0) is 4.79 Å². The minimum Gasteiger partial charge on any atom is -0.336 e. The van der Waals surface area contributed by atoms with Crippen molar-refractivity contribution in [3.8, 4) is 0 Å². The van der Waals surface area contributed by atoms with Crippen LogP contribution in [0.1, 0.15) is 38.5 Å². The second-order valence-electron chi connectivity index (χ2n) is 5.62. The lowest BCUT2D eigenvalue weighted by Gasteiger charge is -2.29. The van der Waals surface area contributed by atoms with Crippen molar-refractivity contribution in [2.75, 3.05) is 19.6 Å². The van der Waals surface area contributed by atoms with Crippen LogP contribution in [0.2, 0.25) is 0 Å². The monoisotopic (exact) mass is 251 g/mol. The Hall–Kier alpha value is -1.10. The van der Waals surface area contributed by atoms with Crippen molar-refractivity contribution in [1.29, 1.82) is 0 Å². The number of nitrogens with zero attached hydrogens (tertiary/aromatic N) is 2. The number of urea groups is 1. The molecule has 0 spiro atoms. The molecule has 0 aromatic heterocycles. The summed E-state index contributed by atoms with van der Waals surface area (Å²) < 4.78 is 0. The average Bonchev–Trinajstić information content (AvgIpc) is 2.88. The predicted molar refractivity (Wildman–Crippen MR) is 67.1 cm³/mol. The molecule has 2 saturated carbocycles. The zero-order valence-electron chi connectivity index (χ0n) is 10.7. The molecule has 5 heteroatoms. The third-order valence-corrected chi connectivity index (χ3v) is 4.29. The lowest BCUT2D eigenvalue weighted by atomic mass is 10.2. The highest BCUT2D eigenvalue weighted by Crippen LogP contribution is 2.34. The third-order valence-electron chi connectivity index (χ3n) is 4.29. The van der Waals surface area contributed by atoms with E-state index in [2.05, 4.69) is 10.2 Å². The highest BCUT2D eigenvalue weighted by Gasteiger charge is 2.38. The SMILES string of the molecule is O=C(CN(C1CCCC1)C1CC1)N1CCNC1=O. The van der Waals surface area contributed by atoms with Crippen LogP contribution in [-0.4, -0.2) is 53.5 Å². The molecule has 100 valence electrons. The van der Waals surface area contributed by atoms with Gasteiger partial charge in [-0.2, -0.15) is 0 Å². The molecule has 0 atom stereocenters.